The first-order chi connectivity index (χ1) is 16.6. The monoisotopic (exact) mass is 483 g/mol. The molecule has 3 rings (SSSR count). The molecule has 4 N–H and O–H groups in total. The summed E-state index contributed by atoms with van der Waals surface area (Å²) in [6.45, 7) is 6.46. The van der Waals surface area contributed by atoms with E-state index in [4.69, 9.17) is 9.47 Å². The number of fused-ring (bicyclic) bond motifs is 1. The van der Waals surface area contributed by atoms with E-state index in [1.54, 1.807) is 18.2 Å². The molecule has 35 heavy (non-hydrogen) atoms. The van der Waals surface area contributed by atoms with Gasteiger partial charge in [0, 0.05) is 17.8 Å². The van der Waals surface area contributed by atoms with Crippen LogP contribution in [0, 0.1) is 22.7 Å². The number of carbonyl (C=O) groups excluding carboxylic acids is 3. The van der Waals surface area contributed by atoms with E-state index in [-0.39, 0.29) is 29.4 Å². The lowest BCUT2D eigenvalue weighted by atomic mass is 9.87. The second-order valence-electron chi connectivity index (χ2n) is 9.94. The van der Waals surface area contributed by atoms with Crippen molar-refractivity contribution in [3.63, 3.8) is 0 Å². The lowest BCUT2D eigenvalue weighted by Crippen LogP contribution is -2.51. The Morgan fingerprint density at radius 2 is 1.97 bits per heavy atom. The largest absolute Gasteiger partial charge is 0.493 e. The number of methoxy groups -OCH3 is 2. The zero-order valence-corrected chi connectivity index (χ0v) is 20.8. The zero-order valence-electron chi connectivity index (χ0n) is 20.8. The van der Waals surface area contributed by atoms with Crippen LogP contribution in [0.3, 0.4) is 0 Å². The van der Waals surface area contributed by atoms with Crippen molar-refractivity contribution in [3.8, 4) is 17.6 Å². The van der Waals surface area contributed by atoms with Crippen LogP contribution in [0.5, 0.6) is 11.5 Å². The molecule has 2 aromatic rings. The van der Waals surface area contributed by atoms with Crippen LogP contribution >= 0.6 is 0 Å². The molecule has 3 amide bonds. The lowest BCUT2D eigenvalue weighted by molar-refractivity contribution is -0.125. The number of nitrogens with one attached hydrogen (secondary N) is 4. The van der Waals surface area contributed by atoms with E-state index in [0.717, 1.165) is 0 Å². The number of hydrogen-bond donors (Lipinski definition) is 4. The molecule has 1 aliphatic heterocycles. The van der Waals surface area contributed by atoms with Gasteiger partial charge in [0.05, 0.1) is 25.8 Å². The van der Waals surface area contributed by atoms with Gasteiger partial charge in [-0.25, -0.2) is 0 Å². The number of hydrogen-bond acceptors (Lipinski definition) is 6. The molecular weight excluding hydrogens is 450 g/mol. The van der Waals surface area contributed by atoms with Gasteiger partial charge in [-0.05, 0) is 42.9 Å². The summed E-state index contributed by atoms with van der Waals surface area (Å²) in [6.07, 6.45) is 1.21. The van der Waals surface area contributed by atoms with Crippen LogP contribution in [0.4, 0.5) is 0 Å². The molecule has 188 valence electrons. The number of nitriles is 1. The van der Waals surface area contributed by atoms with Crippen LogP contribution in [0.2, 0.25) is 0 Å². The van der Waals surface area contributed by atoms with E-state index in [9.17, 15) is 19.6 Å². The Labute approximate surface area is 204 Å². The first-order valence-electron chi connectivity index (χ1n) is 11.6. The Hall–Kier alpha value is -3.74. The Morgan fingerprint density at radius 3 is 2.54 bits per heavy atom. The fraction of sp³-hybridized carbons (Fsp3) is 0.520. The van der Waals surface area contributed by atoms with Crippen molar-refractivity contribution < 1.29 is 23.9 Å². The molecule has 1 aromatic carbocycles. The van der Waals surface area contributed by atoms with Gasteiger partial charge in [-0.2, -0.15) is 5.26 Å². The Kier molecular flexibility index (Phi) is 7.89. The van der Waals surface area contributed by atoms with Crippen molar-refractivity contribution in [3.05, 3.63) is 23.9 Å². The van der Waals surface area contributed by atoms with Crippen molar-refractivity contribution >= 4 is 28.6 Å². The van der Waals surface area contributed by atoms with Crippen LogP contribution in [-0.2, 0) is 9.59 Å². The van der Waals surface area contributed by atoms with E-state index in [1.807, 2.05) is 20.8 Å². The number of benzene rings is 1. The fourth-order valence-electron chi connectivity index (χ4n) is 4.28. The molecule has 0 aliphatic carbocycles. The number of rotatable bonds is 9. The molecule has 0 saturated carbocycles. The van der Waals surface area contributed by atoms with Crippen molar-refractivity contribution in [2.24, 2.45) is 11.3 Å². The number of H-pyrrole nitrogens is 1. The third kappa shape index (κ3) is 6.23. The van der Waals surface area contributed by atoms with Gasteiger partial charge in [0.15, 0.2) is 11.5 Å². The van der Waals surface area contributed by atoms with E-state index >= 15 is 0 Å². The second kappa shape index (κ2) is 10.7. The first kappa shape index (κ1) is 25.9. The summed E-state index contributed by atoms with van der Waals surface area (Å²) in [4.78, 5) is 41.2. The molecule has 2 heterocycles. The number of amides is 3. The summed E-state index contributed by atoms with van der Waals surface area (Å²) in [5.74, 6) is -0.311. The Bertz CT molecular complexity index is 1140. The van der Waals surface area contributed by atoms with Crippen LogP contribution < -0.4 is 25.4 Å². The predicted molar refractivity (Wildman–Crippen MR) is 130 cm³/mol. The predicted octanol–water partition coefficient (Wildman–Crippen LogP) is 2.25. The molecule has 1 aliphatic rings. The summed E-state index contributed by atoms with van der Waals surface area (Å²) in [5, 5.41) is 18.5. The number of aromatic nitrogens is 1. The highest BCUT2D eigenvalue weighted by Crippen LogP contribution is 2.35. The second-order valence-corrected chi connectivity index (χ2v) is 9.94. The molecule has 1 saturated heterocycles. The topological polar surface area (TPSA) is 145 Å². The summed E-state index contributed by atoms with van der Waals surface area (Å²) in [6, 6.07) is 5.53. The molecule has 10 nitrogen and oxygen atoms in total. The standard InChI is InChI=1S/C25H33N5O5/c1-25(2,3)12-19(24(33)28-15(13-26)10-14-8-9-27-22(14)31)30-23(32)18-11-16-17(29-18)6-7-20(34-4)21(16)35-5/h6-7,11,14-15,19,29H,8-10,12H2,1-5H3,(H,27,31)(H,28,33)(H,30,32)/t14-,15-,19-/m0/s1. The minimum absolute atomic E-state index is 0.107. The van der Waals surface area contributed by atoms with Crippen molar-refractivity contribution in [1.29, 1.82) is 5.26 Å². The SMILES string of the molecule is COc1ccc2[nH]c(C(=O)N[C@@H](CC(C)(C)C)C(=O)N[C@H](C#N)C[C@@H]3CCNC3=O)cc2c1OC. The van der Waals surface area contributed by atoms with Gasteiger partial charge in [-0.3, -0.25) is 14.4 Å². The maximum atomic E-state index is 13.1. The highest BCUT2D eigenvalue weighted by molar-refractivity contribution is 6.02. The Morgan fingerprint density at radius 1 is 1.23 bits per heavy atom. The molecule has 1 aromatic heterocycles. The average molecular weight is 484 g/mol. The lowest BCUT2D eigenvalue weighted by Gasteiger charge is -2.27. The highest BCUT2D eigenvalue weighted by Gasteiger charge is 2.32. The van der Waals surface area contributed by atoms with E-state index in [2.05, 4.69) is 27.0 Å². The summed E-state index contributed by atoms with van der Waals surface area (Å²) >= 11 is 0. The number of aromatic amines is 1. The third-order valence-corrected chi connectivity index (χ3v) is 5.98. The van der Waals surface area contributed by atoms with Gasteiger partial charge in [0.2, 0.25) is 11.8 Å². The molecule has 0 unspecified atom stereocenters. The normalized spacial score (nSPS) is 17.3. The van der Waals surface area contributed by atoms with Gasteiger partial charge < -0.3 is 30.4 Å². The van der Waals surface area contributed by atoms with Crippen LogP contribution in [0.25, 0.3) is 10.9 Å². The van der Waals surface area contributed by atoms with Crippen molar-refractivity contribution in [2.75, 3.05) is 20.8 Å². The summed E-state index contributed by atoms with van der Waals surface area (Å²) < 4.78 is 10.8. The maximum Gasteiger partial charge on any atom is 0.268 e. The minimum atomic E-state index is -0.876. The van der Waals surface area contributed by atoms with Crippen LogP contribution in [-0.4, -0.2) is 55.6 Å². The molecule has 3 atom stereocenters. The molecular formula is C25H33N5O5. The van der Waals surface area contributed by atoms with Crippen LogP contribution in [0.15, 0.2) is 18.2 Å². The van der Waals surface area contributed by atoms with Gasteiger partial charge in [-0.15, -0.1) is 0 Å². The van der Waals surface area contributed by atoms with E-state index in [0.29, 0.717) is 41.8 Å². The Balaban J connectivity index is 1.78. The average Bonchev–Trinajstić information content (AvgIpc) is 3.42. The fourth-order valence-corrected chi connectivity index (χ4v) is 4.28. The van der Waals surface area contributed by atoms with E-state index in [1.165, 1.54) is 14.2 Å². The van der Waals surface area contributed by atoms with Crippen molar-refractivity contribution in [1.82, 2.24) is 20.9 Å². The van der Waals surface area contributed by atoms with Gasteiger partial charge in [-0.1, -0.05) is 20.8 Å². The number of carbonyl (C=O) groups is 3. The number of ether oxygens (including phenoxy) is 2. The molecule has 0 spiro atoms. The molecule has 1 fully saturated rings. The summed E-state index contributed by atoms with van der Waals surface area (Å²) in [7, 11) is 3.06. The highest BCUT2D eigenvalue weighted by atomic mass is 16.5. The smallest absolute Gasteiger partial charge is 0.268 e. The maximum absolute atomic E-state index is 13.1. The van der Waals surface area contributed by atoms with E-state index < -0.39 is 23.9 Å². The molecule has 0 bridgehead atoms. The third-order valence-electron chi connectivity index (χ3n) is 5.98. The number of nitrogens with zero attached hydrogens (tertiary/aromatic N) is 1. The summed E-state index contributed by atoms with van der Waals surface area (Å²) in [5.41, 5.74) is 0.668. The van der Waals surface area contributed by atoms with Crippen molar-refractivity contribution in [2.45, 2.75) is 52.1 Å². The van der Waals surface area contributed by atoms with Gasteiger partial charge in [0.25, 0.3) is 5.91 Å². The first-order valence-corrected chi connectivity index (χ1v) is 11.6. The van der Waals surface area contributed by atoms with Gasteiger partial charge in [0.1, 0.15) is 17.8 Å². The zero-order chi connectivity index (χ0) is 25.8. The quantitative estimate of drug-likeness (QED) is 0.430. The molecule has 10 heteroatoms. The van der Waals surface area contributed by atoms with Gasteiger partial charge >= 0.3 is 0 Å². The van der Waals surface area contributed by atoms with Crippen LogP contribution in [0.1, 0.15) is 50.5 Å². The minimum Gasteiger partial charge on any atom is -0.493 e. The molecule has 0 radical (unpaired) electrons.